The molecule has 1 unspecified atom stereocenters. The third-order valence-electron chi connectivity index (χ3n) is 4.80. The Hall–Kier alpha value is -2.73. The Morgan fingerprint density at radius 2 is 2.04 bits per heavy atom. The Balaban J connectivity index is 1.88. The molecule has 1 amide bonds. The molecule has 134 valence electrons. The van der Waals surface area contributed by atoms with Gasteiger partial charge in [0, 0.05) is 25.7 Å². The van der Waals surface area contributed by atoms with E-state index in [-0.39, 0.29) is 12.0 Å². The Bertz CT molecular complexity index is 965. The zero-order chi connectivity index (χ0) is 18.3. The van der Waals surface area contributed by atoms with Gasteiger partial charge in [0.15, 0.2) is 5.65 Å². The van der Waals surface area contributed by atoms with E-state index in [1.165, 1.54) is 0 Å². The lowest BCUT2D eigenvalue weighted by molar-refractivity contribution is -0.0123. The minimum atomic E-state index is 0.0147. The summed E-state index contributed by atoms with van der Waals surface area (Å²) in [6.07, 6.45) is 0.0496. The molecule has 0 spiro atoms. The molecule has 0 N–H and O–H groups in total. The Labute approximate surface area is 152 Å². The predicted molar refractivity (Wildman–Crippen MR) is 100.0 cm³/mol. The maximum absolute atomic E-state index is 13.3. The molecule has 1 atom stereocenters. The first kappa shape index (κ1) is 16.7. The Kier molecular flexibility index (Phi) is 4.20. The van der Waals surface area contributed by atoms with Gasteiger partial charge in [-0.1, -0.05) is 30.3 Å². The van der Waals surface area contributed by atoms with Crippen LogP contribution < -0.4 is 0 Å². The van der Waals surface area contributed by atoms with Crippen molar-refractivity contribution in [1.29, 1.82) is 0 Å². The van der Waals surface area contributed by atoms with Crippen LogP contribution in [0.25, 0.3) is 22.3 Å². The van der Waals surface area contributed by atoms with Gasteiger partial charge in [0.05, 0.1) is 35.0 Å². The van der Waals surface area contributed by atoms with Crippen molar-refractivity contribution in [3.05, 3.63) is 47.7 Å². The van der Waals surface area contributed by atoms with E-state index in [0.29, 0.717) is 25.3 Å². The molecule has 3 aromatic rings. The van der Waals surface area contributed by atoms with Crippen LogP contribution in [0, 0.1) is 6.92 Å². The lowest BCUT2D eigenvalue weighted by Crippen LogP contribution is -2.44. The first-order valence-corrected chi connectivity index (χ1v) is 8.85. The molecule has 6 heteroatoms. The number of pyridine rings is 1. The van der Waals surface area contributed by atoms with E-state index in [1.807, 2.05) is 62.2 Å². The number of benzene rings is 1. The first-order valence-electron chi connectivity index (χ1n) is 8.85. The number of hydrogen-bond acceptors (Lipinski definition) is 4. The molecule has 0 bridgehead atoms. The monoisotopic (exact) mass is 350 g/mol. The summed E-state index contributed by atoms with van der Waals surface area (Å²) in [5.41, 5.74) is 3.98. The highest BCUT2D eigenvalue weighted by atomic mass is 16.5. The van der Waals surface area contributed by atoms with E-state index < -0.39 is 0 Å². The van der Waals surface area contributed by atoms with Crippen LogP contribution in [0.4, 0.5) is 0 Å². The normalized spacial score (nSPS) is 17.7. The van der Waals surface area contributed by atoms with E-state index in [1.54, 1.807) is 4.68 Å². The Morgan fingerprint density at radius 3 is 2.77 bits per heavy atom. The number of rotatable bonds is 2. The Morgan fingerprint density at radius 1 is 1.27 bits per heavy atom. The average molecular weight is 350 g/mol. The van der Waals surface area contributed by atoms with Crippen LogP contribution in [0.15, 0.2) is 36.4 Å². The number of carbonyl (C=O) groups is 1. The summed E-state index contributed by atoms with van der Waals surface area (Å²) in [5.74, 6) is 0.0147. The number of hydrogen-bond donors (Lipinski definition) is 0. The van der Waals surface area contributed by atoms with Crippen molar-refractivity contribution >= 4 is 16.9 Å². The minimum Gasteiger partial charge on any atom is -0.375 e. The zero-order valence-corrected chi connectivity index (χ0v) is 15.3. The molecule has 1 aliphatic heterocycles. The van der Waals surface area contributed by atoms with Crippen LogP contribution in [-0.2, 0) is 11.8 Å². The number of amides is 1. The molecular formula is C20H22N4O2. The van der Waals surface area contributed by atoms with Crippen LogP contribution >= 0.6 is 0 Å². The van der Waals surface area contributed by atoms with Gasteiger partial charge in [-0.25, -0.2) is 4.98 Å². The van der Waals surface area contributed by atoms with Gasteiger partial charge < -0.3 is 9.64 Å². The number of carbonyl (C=O) groups excluding carboxylic acids is 1. The van der Waals surface area contributed by atoms with Crippen molar-refractivity contribution in [2.24, 2.45) is 7.05 Å². The SMILES string of the molecule is Cc1nn(C)c2nc(-c3ccccc3)cc(C(=O)N3CCOC(C)C3)c12. The molecular weight excluding hydrogens is 328 g/mol. The van der Waals surface area contributed by atoms with Gasteiger partial charge in [-0.3, -0.25) is 9.48 Å². The topological polar surface area (TPSA) is 60.2 Å². The molecule has 6 nitrogen and oxygen atoms in total. The van der Waals surface area contributed by atoms with Crippen molar-refractivity contribution in [3.8, 4) is 11.3 Å². The second kappa shape index (κ2) is 6.53. The molecule has 1 aliphatic rings. The quantitative estimate of drug-likeness (QED) is 0.713. The van der Waals surface area contributed by atoms with Gasteiger partial charge in [0.2, 0.25) is 0 Å². The summed E-state index contributed by atoms with van der Waals surface area (Å²) in [6, 6.07) is 11.8. The van der Waals surface area contributed by atoms with Gasteiger partial charge >= 0.3 is 0 Å². The smallest absolute Gasteiger partial charge is 0.254 e. The minimum absolute atomic E-state index is 0.0147. The molecule has 26 heavy (non-hydrogen) atoms. The highest BCUT2D eigenvalue weighted by Gasteiger charge is 2.26. The summed E-state index contributed by atoms with van der Waals surface area (Å²) < 4.78 is 7.33. The summed E-state index contributed by atoms with van der Waals surface area (Å²) in [4.78, 5) is 19.9. The van der Waals surface area contributed by atoms with E-state index in [4.69, 9.17) is 9.72 Å². The number of aromatic nitrogens is 3. The van der Waals surface area contributed by atoms with E-state index in [2.05, 4.69) is 5.10 Å². The molecule has 2 aromatic heterocycles. The molecule has 0 aliphatic carbocycles. The van der Waals surface area contributed by atoms with Crippen molar-refractivity contribution in [2.45, 2.75) is 20.0 Å². The fraction of sp³-hybridized carbons (Fsp3) is 0.350. The van der Waals surface area contributed by atoms with Gasteiger partial charge in [-0.05, 0) is 19.9 Å². The molecule has 0 saturated carbocycles. The maximum Gasteiger partial charge on any atom is 0.254 e. The lowest BCUT2D eigenvalue weighted by atomic mass is 10.0. The predicted octanol–water partition coefficient (Wildman–Crippen LogP) is 2.80. The highest BCUT2D eigenvalue weighted by molar-refractivity contribution is 6.07. The van der Waals surface area contributed by atoms with Gasteiger partial charge in [0.25, 0.3) is 5.91 Å². The molecule has 1 saturated heterocycles. The van der Waals surface area contributed by atoms with Gasteiger partial charge in [-0.15, -0.1) is 0 Å². The number of fused-ring (bicyclic) bond motifs is 1. The van der Waals surface area contributed by atoms with E-state index in [9.17, 15) is 4.79 Å². The van der Waals surface area contributed by atoms with Crippen molar-refractivity contribution in [1.82, 2.24) is 19.7 Å². The van der Waals surface area contributed by atoms with Crippen LogP contribution in [0.5, 0.6) is 0 Å². The fourth-order valence-corrected chi connectivity index (χ4v) is 3.54. The largest absolute Gasteiger partial charge is 0.375 e. The standard InChI is InChI=1S/C20H22N4O2/c1-13-12-24(9-10-26-13)20(25)16-11-17(15-7-5-4-6-8-15)21-19-18(16)14(2)22-23(19)3/h4-8,11,13H,9-10,12H2,1-3H3. The maximum atomic E-state index is 13.3. The second-order valence-electron chi connectivity index (χ2n) is 6.76. The fourth-order valence-electron chi connectivity index (χ4n) is 3.54. The van der Waals surface area contributed by atoms with Crippen molar-refractivity contribution < 1.29 is 9.53 Å². The number of ether oxygens (including phenoxy) is 1. The van der Waals surface area contributed by atoms with Crippen LogP contribution in [0.2, 0.25) is 0 Å². The highest BCUT2D eigenvalue weighted by Crippen LogP contribution is 2.28. The van der Waals surface area contributed by atoms with Crippen LogP contribution in [-0.4, -0.2) is 51.4 Å². The number of nitrogens with zero attached hydrogens (tertiary/aromatic N) is 4. The third kappa shape index (κ3) is 2.86. The summed E-state index contributed by atoms with van der Waals surface area (Å²) >= 11 is 0. The van der Waals surface area contributed by atoms with E-state index >= 15 is 0 Å². The van der Waals surface area contributed by atoms with Gasteiger partial charge in [-0.2, -0.15) is 5.10 Å². The summed E-state index contributed by atoms with van der Waals surface area (Å²) in [7, 11) is 1.86. The average Bonchev–Trinajstić information content (AvgIpc) is 2.95. The summed E-state index contributed by atoms with van der Waals surface area (Å²) in [6.45, 7) is 5.69. The third-order valence-corrected chi connectivity index (χ3v) is 4.80. The first-order chi connectivity index (χ1) is 12.5. The zero-order valence-electron chi connectivity index (χ0n) is 15.3. The molecule has 4 rings (SSSR count). The van der Waals surface area contributed by atoms with Gasteiger partial charge in [0.1, 0.15) is 0 Å². The van der Waals surface area contributed by atoms with Crippen molar-refractivity contribution in [2.75, 3.05) is 19.7 Å². The molecule has 3 heterocycles. The summed E-state index contributed by atoms with van der Waals surface area (Å²) in [5, 5.41) is 5.32. The molecule has 1 aromatic carbocycles. The van der Waals surface area contributed by atoms with Crippen molar-refractivity contribution in [3.63, 3.8) is 0 Å². The molecule has 1 fully saturated rings. The van der Waals surface area contributed by atoms with Crippen LogP contribution in [0.3, 0.4) is 0 Å². The lowest BCUT2D eigenvalue weighted by Gasteiger charge is -2.31. The van der Waals surface area contributed by atoms with E-state index in [0.717, 1.165) is 28.0 Å². The number of aryl methyl sites for hydroxylation is 2. The number of morpholine rings is 1. The van der Waals surface area contributed by atoms with Crippen LogP contribution in [0.1, 0.15) is 23.0 Å². The molecule has 0 radical (unpaired) electrons. The second-order valence-corrected chi connectivity index (χ2v) is 6.76.